The van der Waals surface area contributed by atoms with Crippen LogP contribution >= 0.6 is 0 Å². The summed E-state index contributed by atoms with van der Waals surface area (Å²) < 4.78 is 37.2. The number of rotatable bonds is 1. The van der Waals surface area contributed by atoms with Crippen LogP contribution in [0, 0.1) is 0 Å². The fraction of sp³-hybridized carbons (Fsp3) is 0.222. The minimum Gasteiger partial charge on any atom is -0.312 e. The standard InChI is InChI=1S/C9H7F3N4/c10-9(11,12)8-3-7(1-2-15-8)16-5-13-4-14-6-16/h1-5H,6H2. The largest absolute Gasteiger partial charge is 0.433 e. The second kappa shape index (κ2) is 3.92. The van der Waals surface area contributed by atoms with Crippen molar-refractivity contribution in [3.8, 4) is 0 Å². The molecule has 7 heteroatoms. The molecular formula is C9H7F3N4. The Kier molecular flexibility index (Phi) is 2.59. The van der Waals surface area contributed by atoms with E-state index >= 15 is 0 Å². The maximum Gasteiger partial charge on any atom is 0.433 e. The first kappa shape index (κ1) is 10.6. The lowest BCUT2D eigenvalue weighted by Crippen LogP contribution is -2.24. The van der Waals surface area contributed by atoms with Gasteiger partial charge < -0.3 is 4.90 Å². The van der Waals surface area contributed by atoms with Crippen molar-refractivity contribution >= 4 is 18.4 Å². The van der Waals surface area contributed by atoms with Gasteiger partial charge in [-0.3, -0.25) is 9.98 Å². The number of alkyl halides is 3. The van der Waals surface area contributed by atoms with Gasteiger partial charge in [-0.25, -0.2) is 4.99 Å². The Labute approximate surface area is 89.2 Å². The molecule has 0 bridgehead atoms. The molecule has 16 heavy (non-hydrogen) atoms. The van der Waals surface area contributed by atoms with Crippen LogP contribution in [0.25, 0.3) is 0 Å². The van der Waals surface area contributed by atoms with Crippen molar-refractivity contribution in [2.75, 3.05) is 11.6 Å². The highest BCUT2D eigenvalue weighted by atomic mass is 19.4. The highest BCUT2D eigenvalue weighted by molar-refractivity contribution is 5.86. The molecule has 0 N–H and O–H groups in total. The predicted molar refractivity (Wildman–Crippen MR) is 53.6 cm³/mol. The van der Waals surface area contributed by atoms with Gasteiger partial charge in [-0.1, -0.05) is 0 Å². The van der Waals surface area contributed by atoms with Crippen molar-refractivity contribution in [1.82, 2.24) is 4.98 Å². The van der Waals surface area contributed by atoms with Crippen molar-refractivity contribution in [3.05, 3.63) is 24.0 Å². The van der Waals surface area contributed by atoms with Crippen LogP contribution in [0.5, 0.6) is 0 Å². The summed E-state index contributed by atoms with van der Waals surface area (Å²) in [5.74, 6) is 0. The Morgan fingerprint density at radius 3 is 2.75 bits per heavy atom. The van der Waals surface area contributed by atoms with Crippen LogP contribution in [0.1, 0.15) is 5.69 Å². The van der Waals surface area contributed by atoms with E-state index in [2.05, 4.69) is 15.0 Å². The van der Waals surface area contributed by atoms with Crippen LogP contribution in [-0.2, 0) is 6.18 Å². The summed E-state index contributed by atoms with van der Waals surface area (Å²) in [5, 5.41) is 0. The van der Waals surface area contributed by atoms with Crippen LogP contribution in [0.4, 0.5) is 18.9 Å². The molecule has 1 aromatic heterocycles. The van der Waals surface area contributed by atoms with Crippen LogP contribution in [-0.4, -0.2) is 24.3 Å². The van der Waals surface area contributed by atoms with Gasteiger partial charge in [-0.15, -0.1) is 0 Å². The number of hydrogen-bond donors (Lipinski definition) is 0. The van der Waals surface area contributed by atoms with Gasteiger partial charge in [0.25, 0.3) is 0 Å². The van der Waals surface area contributed by atoms with Crippen molar-refractivity contribution < 1.29 is 13.2 Å². The van der Waals surface area contributed by atoms with E-state index in [1.54, 1.807) is 0 Å². The zero-order chi connectivity index (χ0) is 11.6. The maximum absolute atomic E-state index is 12.4. The Bertz CT molecular complexity index is 439. The van der Waals surface area contributed by atoms with Gasteiger partial charge in [-0.2, -0.15) is 13.2 Å². The summed E-state index contributed by atoms with van der Waals surface area (Å²) in [5.41, 5.74) is -0.559. The molecule has 84 valence electrons. The second-order valence-corrected chi connectivity index (χ2v) is 3.07. The Balaban J connectivity index is 2.29. The molecule has 0 atom stereocenters. The van der Waals surface area contributed by atoms with E-state index in [1.165, 1.54) is 23.6 Å². The van der Waals surface area contributed by atoms with Gasteiger partial charge in [0, 0.05) is 11.9 Å². The lowest BCUT2D eigenvalue weighted by atomic mass is 10.3. The molecule has 1 aliphatic heterocycles. The summed E-state index contributed by atoms with van der Waals surface area (Å²) in [4.78, 5) is 12.3. The molecule has 0 amide bonds. The molecule has 0 aliphatic carbocycles. The van der Waals surface area contributed by atoms with E-state index in [9.17, 15) is 13.2 Å². The van der Waals surface area contributed by atoms with E-state index in [4.69, 9.17) is 0 Å². The molecule has 0 saturated carbocycles. The summed E-state index contributed by atoms with van der Waals surface area (Å²) in [6.07, 6.45) is -0.554. The van der Waals surface area contributed by atoms with Crippen LogP contribution in [0.3, 0.4) is 0 Å². The summed E-state index contributed by atoms with van der Waals surface area (Å²) in [7, 11) is 0. The molecule has 0 saturated heterocycles. The number of aromatic nitrogens is 1. The summed E-state index contributed by atoms with van der Waals surface area (Å²) in [6, 6.07) is 2.44. The Morgan fingerprint density at radius 2 is 2.12 bits per heavy atom. The van der Waals surface area contributed by atoms with Crippen molar-refractivity contribution in [2.24, 2.45) is 9.98 Å². The summed E-state index contributed by atoms with van der Waals surface area (Å²) in [6.45, 7) is 0.255. The molecule has 2 rings (SSSR count). The maximum atomic E-state index is 12.4. The van der Waals surface area contributed by atoms with Gasteiger partial charge in [0.15, 0.2) is 0 Å². The fourth-order valence-corrected chi connectivity index (χ4v) is 1.22. The average molecular weight is 228 g/mol. The minimum atomic E-state index is -4.44. The third-order valence-electron chi connectivity index (χ3n) is 1.95. The molecule has 0 fully saturated rings. The van der Waals surface area contributed by atoms with Gasteiger partial charge >= 0.3 is 6.18 Å². The molecule has 0 spiro atoms. The van der Waals surface area contributed by atoms with Gasteiger partial charge in [0.2, 0.25) is 0 Å². The molecule has 1 aromatic rings. The first-order valence-corrected chi connectivity index (χ1v) is 4.39. The van der Waals surface area contributed by atoms with Crippen LogP contribution in [0.15, 0.2) is 28.3 Å². The van der Waals surface area contributed by atoms with E-state index in [1.807, 2.05) is 0 Å². The van der Waals surface area contributed by atoms with Crippen molar-refractivity contribution in [1.29, 1.82) is 0 Å². The zero-order valence-corrected chi connectivity index (χ0v) is 8.02. The third kappa shape index (κ3) is 2.18. The van der Waals surface area contributed by atoms with Gasteiger partial charge in [-0.05, 0) is 12.1 Å². The SMILES string of the molecule is FC(F)(F)c1cc(N2C=NC=NC2)ccn1. The highest BCUT2D eigenvalue weighted by Gasteiger charge is 2.32. The lowest BCUT2D eigenvalue weighted by Gasteiger charge is -2.19. The van der Waals surface area contributed by atoms with Crippen LogP contribution in [0.2, 0.25) is 0 Å². The lowest BCUT2D eigenvalue weighted by molar-refractivity contribution is -0.141. The van der Waals surface area contributed by atoms with Crippen molar-refractivity contribution in [2.45, 2.75) is 6.18 Å². The molecule has 1 aliphatic rings. The average Bonchev–Trinajstić information content (AvgIpc) is 2.29. The first-order chi connectivity index (χ1) is 7.57. The number of anilines is 1. The van der Waals surface area contributed by atoms with E-state index < -0.39 is 11.9 Å². The Hall–Kier alpha value is -1.92. The minimum absolute atomic E-state index is 0.255. The smallest absolute Gasteiger partial charge is 0.312 e. The fourth-order valence-electron chi connectivity index (χ4n) is 1.22. The van der Waals surface area contributed by atoms with Gasteiger partial charge in [0.05, 0.1) is 6.34 Å². The molecule has 0 aromatic carbocycles. The Morgan fingerprint density at radius 1 is 1.31 bits per heavy atom. The summed E-state index contributed by atoms with van der Waals surface area (Å²) >= 11 is 0. The number of nitrogens with zero attached hydrogens (tertiary/aromatic N) is 4. The number of pyridine rings is 1. The van der Waals surface area contributed by atoms with Crippen LogP contribution < -0.4 is 4.90 Å². The monoisotopic (exact) mass is 228 g/mol. The topological polar surface area (TPSA) is 40.9 Å². The van der Waals surface area contributed by atoms with Gasteiger partial charge in [0.1, 0.15) is 18.7 Å². The molecule has 2 heterocycles. The van der Waals surface area contributed by atoms with E-state index in [0.717, 1.165) is 12.3 Å². The molecule has 0 unspecified atom stereocenters. The molecule has 0 radical (unpaired) electrons. The van der Waals surface area contributed by atoms with Crippen molar-refractivity contribution in [3.63, 3.8) is 0 Å². The highest BCUT2D eigenvalue weighted by Crippen LogP contribution is 2.29. The number of halogens is 3. The second-order valence-electron chi connectivity index (χ2n) is 3.07. The molecular weight excluding hydrogens is 221 g/mol. The predicted octanol–water partition coefficient (Wildman–Crippen LogP) is 1.93. The number of hydrogen-bond acceptors (Lipinski definition) is 4. The third-order valence-corrected chi connectivity index (χ3v) is 1.95. The zero-order valence-electron chi connectivity index (χ0n) is 8.02. The quantitative estimate of drug-likeness (QED) is 0.736. The molecule has 4 nitrogen and oxygen atoms in total. The number of aliphatic imine (C=N–C) groups is 2. The van der Waals surface area contributed by atoms with E-state index in [0.29, 0.717) is 5.69 Å². The first-order valence-electron chi connectivity index (χ1n) is 4.39. The normalized spacial score (nSPS) is 15.6. The van der Waals surface area contributed by atoms with E-state index in [-0.39, 0.29) is 6.67 Å².